The summed E-state index contributed by atoms with van der Waals surface area (Å²) in [5.41, 5.74) is 2.31. The number of hydrogen-bond donors (Lipinski definition) is 0. The van der Waals surface area contributed by atoms with Crippen LogP contribution < -0.4 is 0 Å². The summed E-state index contributed by atoms with van der Waals surface area (Å²) in [6.45, 7) is 13.2. The van der Waals surface area contributed by atoms with Gasteiger partial charge in [0.05, 0.1) is 0 Å². The first-order valence-electron chi connectivity index (χ1n) is 15.6. The van der Waals surface area contributed by atoms with Crippen molar-refractivity contribution in [3.8, 4) is 11.8 Å². The van der Waals surface area contributed by atoms with Gasteiger partial charge < -0.3 is 9.80 Å². The van der Waals surface area contributed by atoms with E-state index in [0.29, 0.717) is 11.9 Å². The van der Waals surface area contributed by atoms with E-state index >= 15 is 0 Å². The molecular weight excluding hydrogens is 452 g/mol. The Morgan fingerprint density at radius 3 is 2.46 bits per heavy atom. The van der Waals surface area contributed by atoms with Crippen LogP contribution >= 0.6 is 0 Å². The molecule has 0 spiro atoms. The first-order chi connectivity index (χ1) is 18.0. The van der Waals surface area contributed by atoms with E-state index in [1.807, 2.05) is 0 Å². The molecule has 206 valence electrons. The number of nitrogens with zero attached hydrogens (tertiary/aromatic N) is 2. The van der Waals surface area contributed by atoms with Crippen molar-refractivity contribution in [1.82, 2.24) is 9.80 Å². The quantitative estimate of drug-likeness (QED) is 0.211. The molecule has 1 saturated heterocycles. The Kier molecular flexibility index (Phi) is 13.1. The minimum atomic E-state index is 0.217. The number of carbonyl (C=O) groups is 1. The molecule has 1 aliphatic carbocycles. The molecule has 1 aliphatic heterocycles. The van der Waals surface area contributed by atoms with E-state index in [1.54, 1.807) is 0 Å². The zero-order valence-corrected chi connectivity index (χ0v) is 24.4. The molecule has 1 aromatic carbocycles. The number of rotatable bonds is 12. The highest BCUT2D eigenvalue weighted by molar-refractivity contribution is 5.79. The minimum Gasteiger partial charge on any atom is -0.335 e. The molecular formula is C34H54N2O. The van der Waals surface area contributed by atoms with Gasteiger partial charge >= 0.3 is 0 Å². The van der Waals surface area contributed by atoms with Gasteiger partial charge in [-0.05, 0) is 87.4 Å². The Balaban J connectivity index is 1.66. The van der Waals surface area contributed by atoms with E-state index in [-0.39, 0.29) is 5.92 Å². The highest BCUT2D eigenvalue weighted by atomic mass is 16.2. The van der Waals surface area contributed by atoms with Crippen molar-refractivity contribution in [1.29, 1.82) is 0 Å². The van der Waals surface area contributed by atoms with Crippen molar-refractivity contribution in [2.24, 2.45) is 17.8 Å². The molecule has 0 bridgehead atoms. The standard InChI is InChI=1S/C34H54N2O/c1-5-7-9-12-29-16-18-32(19-17-29)34(37)36(33-21-24-35(25-22-33)23-20-28(3)4)27-31-15-11-14-30(26-31)13-10-8-6-2/h11,14-15,26,28-29,32-33H,5-9,12,16-25,27H2,1-4H3/t29-,32-. The number of likely N-dealkylation sites (tertiary alicyclic amines) is 1. The lowest BCUT2D eigenvalue weighted by Gasteiger charge is -2.41. The SMILES string of the molecule is CCCC#Cc1cccc(CN(C(=O)[C@H]2CC[C@H](CCCCC)CC2)C2CCN(CCC(C)C)CC2)c1. The maximum atomic E-state index is 14.0. The second-order valence-corrected chi connectivity index (χ2v) is 12.2. The Morgan fingerprint density at radius 1 is 1.03 bits per heavy atom. The lowest BCUT2D eigenvalue weighted by atomic mass is 9.79. The molecule has 1 amide bonds. The molecule has 1 heterocycles. The molecule has 2 fully saturated rings. The summed E-state index contributed by atoms with van der Waals surface area (Å²) in [5.74, 6) is 8.84. The highest BCUT2D eigenvalue weighted by Crippen LogP contribution is 2.34. The first-order valence-corrected chi connectivity index (χ1v) is 15.6. The fourth-order valence-corrected chi connectivity index (χ4v) is 6.13. The summed E-state index contributed by atoms with van der Waals surface area (Å²) >= 11 is 0. The van der Waals surface area contributed by atoms with Crippen LogP contribution in [0.1, 0.15) is 122 Å². The van der Waals surface area contributed by atoms with Gasteiger partial charge in [-0.15, -0.1) is 0 Å². The molecule has 1 aromatic rings. The van der Waals surface area contributed by atoms with Crippen molar-refractivity contribution in [2.75, 3.05) is 19.6 Å². The van der Waals surface area contributed by atoms with E-state index in [4.69, 9.17) is 0 Å². The third-order valence-corrected chi connectivity index (χ3v) is 8.60. The van der Waals surface area contributed by atoms with Gasteiger partial charge in [0, 0.05) is 43.6 Å². The fraction of sp³-hybridized carbons (Fsp3) is 0.735. The molecule has 3 rings (SSSR count). The van der Waals surface area contributed by atoms with Crippen LogP contribution in [0.4, 0.5) is 0 Å². The van der Waals surface area contributed by atoms with E-state index in [0.717, 1.165) is 75.6 Å². The summed E-state index contributed by atoms with van der Waals surface area (Å²) in [6.07, 6.45) is 15.5. The number of piperidine rings is 1. The normalized spacial score (nSPS) is 21.0. The van der Waals surface area contributed by atoms with Crippen LogP contribution in [0.2, 0.25) is 0 Å². The monoisotopic (exact) mass is 506 g/mol. The van der Waals surface area contributed by atoms with Gasteiger partial charge in [0.2, 0.25) is 5.91 Å². The number of unbranched alkanes of at least 4 members (excludes halogenated alkanes) is 3. The Bertz CT molecular complexity index is 850. The van der Waals surface area contributed by atoms with E-state index in [1.165, 1.54) is 57.1 Å². The Labute approximate surface area is 228 Å². The maximum absolute atomic E-state index is 14.0. The summed E-state index contributed by atoms with van der Waals surface area (Å²) in [5, 5.41) is 0. The van der Waals surface area contributed by atoms with Crippen LogP contribution in [0.3, 0.4) is 0 Å². The van der Waals surface area contributed by atoms with Gasteiger partial charge in [0.15, 0.2) is 0 Å². The third-order valence-electron chi connectivity index (χ3n) is 8.60. The van der Waals surface area contributed by atoms with Crippen LogP contribution in [-0.2, 0) is 11.3 Å². The van der Waals surface area contributed by atoms with Gasteiger partial charge in [0.1, 0.15) is 0 Å². The van der Waals surface area contributed by atoms with Gasteiger partial charge in [-0.1, -0.05) is 77.4 Å². The molecule has 0 radical (unpaired) electrons. The van der Waals surface area contributed by atoms with Crippen molar-refractivity contribution >= 4 is 5.91 Å². The summed E-state index contributed by atoms with van der Waals surface area (Å²) in [6, 6.07) is 8.98. The smallest absolute Gasteiger partial charge is 0.226 e. The predicted octanol–water partition coefficient (Wildman–Crippen LogP) is 8.06. The molecule has 3 nitrogen and oxygen atoms in total. The average molecular weight is 507 g/mol. The van der Waals surface area contributed by atoms with Crippen LogP contribution in [0.25, 0.3) is 0 Å². The molecule has 1 saturated carbocycles. The second kappa shape index (κ2) is 16.2. The lowest BCUT2D eigenvalue weighted by Crippen LogP contribution is -2.49. The van der Waals surface area contributed by atoms with Crippen molar-refractivity contribution in [2.45, 2.75) is 124 Å². The van der Waals surface area contributed by atoms with Crippen molar-refractivity contribution in [3.05, 3.63) is 35.4 Å². The molecule has 0 N–H and O–H groups in total. The Morgan fingerprint density at radius 2 is 1.78 bits per heavy atom. The number of benzene rings is 1. The Hall–Kier alpha value is -1.79. The topological polar surface area (TPSA) is 23.6 Å². The van der Waals surface area contributed by atoms with E-state index in [9.17, 15) is 4.79 Å². The van der Waals surface area contributed by atoms with E-state index < -0.39 is 0 Å². The maximum Gasteiger partial charge on any atom is 0.226 e. The molecule has 0 atom stereocenters. The van der Waals surface area contributed by atoms with Gasteiger partial charge in [-0.3, -0.25) is 4.79 Å². The molecule has 3 heteroatoms. The first kappa shape index (κ1) is 29.8. The van der Waals surface area contributed by atoms with Crippen LogP contribution in [0.15, 0.2) is 24.3 Å². The summed E-state index contributed by atoms with van der Waals surface area (Å²) in [4.78, 5) is 19.0. The molecule has 37 heavy (non-hydrogen) atoms. The predicted molar refractivity (Wildman–Crippen MR) is 157 cm³/mol. The van der Waals surface area contributed by atoms with Gasteiger partial charge in [-0.25, -0.2) is 0 Å². The zero-order valence-electron chi connectivity index (χ0n) is 24.4. The van der Waals surface area contributed by atoms with Crippen molar-refractivity contribution in [3.63, 3.8) is 0 Å². The third kappa shape index (κ3) is 10.1. The highest BCUT2D eigenvalue weighted by Gasteiger charge is 2.34. The largest absolute Gasteiger partial charge is 0.335 e. The lowest BCUT2D eigenvalue weighted by molar-refractivity contribution is -0.141. The number of amides is 1. The molecule has 2 aliphatic rings. The summed E-state index contributed by atoms with van der Waals surface area (Å²) in [7, 11) is 0. The molecule has 0 unspecified atom stereocenters. The van der Waals surface area contributed by atoms with Crippen LogP contribution in [0.5, 0.6) is 0 Å². The van der Waals surface area contributed by atoms with Crippen LogP contribution in [-0.4, -0.2) is 41.4 Å². The summed E-state index contributed by atoms with van der Waals surface area (Å²) < 4.78 is 0. The average Bonchev–Trinajstić information content (AvgIpc) is 2.91. The van der Waals surface area contributed by atoms with Crippen molar-refractivity contribution < 1.29 is 4.79 Å². The van der Waals surface area contributed by atoms with E-state index in [2.05, 4.69) is 73.6 Å². The van der Waals surface area contributed by atoms with Gasteiger partial charge in [0.25, 0.3) is 0 Å². The van der Waals surface area contributed by atoms with Gasteiger partial charge in [-0.2, -0.15) is 0 Å². The minimum absolute atomic E-state index is 0.217. The molecule has 0 aromatic heterocycles. The zero-order chi connectivity index (χ0) is 26.5. The number of carbonyl (C=O) groups excluding carboxylic acids is 1. The van der Waals surface area contributed by atoms with Crippen LogP contribution in [0, 0.1) is 29.6 Å². The number of hydrogen-bond acceptors (Lipinski definition) is 2. The second-order valence-electron chi connectivity index (χ2n) is 12.2. The fourth-order valence-electron chi connectivity index (χ4n) is 6.13.